The van der Waals surface area contributed by atoms with Crippen LogP contribution >= 0.6 is 11.6 Å². The first kappa shape index (κ1) is 14.3. The summed E-state index contributed by atoms with van der Waals surface area (Å²) in [6.45, 7) is 4.38. The maximum absolute atomic E-state index is 12.0. The van der Waals surface area contributed by atoms with Crippen LogP contribution in [0.5, 0.6) is 0 Å². The zero-order valence-corrected chi connectivity index (χ0v) is 11.8. The zero-order chi connectivity index (χ0) is 14.0. The molecule has 1 aliphatic heterocycles. The summed E-state index contributed by atoms with van der Waals surface area (Å²) < 4.78 is 5.32. The summed E-state index contributed by atoms with van der Waals surface area (Å²) in [6.07, 6.45) is 0.261. The van der Waals surface area contributed by atoms with Gasteiger partial charge >= 0.3 is 0 Å². The summed E-state index contributed by atoms with van der Waals surface area (Å²) in [5, 5.41) is 13.6. The van der Waals surface area contributed by atoms with Crippen LogP contribution in [-0.2, 0) is 4.74 Å². The standard InChI is InChI=1S/C14H18ClNO3/c1-9-5-11(7-12(15)6-9)13(17)16-8-14(18)3-4-19-10(14)2/h5-7,10,18H,3-4,8H2,1-2H3,(H,16,17). The van der Waals surface area contributed by atoms with Gasteiger partial charge in [0.25, 0.3) is 5.91 Å². The summed E-state index contributed by atoms with van der Waals surface area (Å²) in [5.41, 5.74) is 0.442. The lowest BCUT2D eigenvalue weighted by atomic mass is 9.96. The molecule has 2 atom stereocenters. The van der Waals surface area contributed by atoms with E-state index in [1.807, 2.05) is 13.8 Å². The zero-order valence-electron chi connectivity index (χ0n) is 11.1. The Morgan fingerprint density at radius 2 is 2.32 bits per heavy atom. The topological polar surface area (TPSA) is 58.6 Å². The number of halogens is 1. The number of aryl methyl sites for hydroxylation is 1. The Bertz CT molecular complexity index is 471. The third kappa shape index (κ3) is 3.26. The Morgan fingerprint density at radius 3 is 2.89 bits per heavy atom. The van der Waals surface area contributed by atoms with Crippen molar-refractivity contribution >= 4 is 17.5 Å². The maximum atomic E-state index is 12.0. The van der Waals surface area contributed by atoms with Gasteiger partial charge in [-0.1, -0.05) is 11.6 Å². The van der Waals surface area contributed by atoms with Gasteiger partial charge in [-0.15, -0.1) is 0 Å². The number of hydrogen-bond acceptors (Lipinski definition) is 3. The van der Waals surface area contributed by atoms with E-state index in [1.165, 1.54) is 0 Å². The second-order valence-electron chi connectivity index (χ2n) is 5.07. The number of aliphatic hydroxyl groups is 1. The lowest BCUT2D eigenvalue weighted by Crippen LogP contribution is -2.47. The molecule has 104 valence electrons. The van der Waals surface area contributed by atoms with Gasteiger partial charge in [-0.2, -0.15) is 0 Å². The van der Waals surface area contributed by atoms with Crippen LogP contribution in [0.15, 0.2) is 18.2 Å². The van der Waals surface area contributed by atoms with Crippen LogP contribution in [-0.4, -0.2) is 35.9 Å². The number of hydrogen-bond donors (Lipinski definition) is 2. The molecule has 2 N–H and O–H groups in total. The molecule has 1 aromatic rings. The number of nitrogens with one attached hydrogen (secondary N) is 1. The Balaban J connectivity index is 2.01. The average molecular weight is 284 g/mol. The fraction of sp³-hybridized carbons (Fsp3) is 0.500. The SMILES string of the molecule is Cc1cc(Cl)cc(C(=O)NCC2(O)CCOC2C)c1. The number of carbonyl (C=O) groups excluding carboxylic acids is 1. The van der Waals surface area contributed by atoms with Crippen molar-refractivity contribution in [1.29, 1.82) is 0 Å². The predicted octanol–water partition coefficient (Wildman–Crippen LogP) is 1.92. The quantitative estimate of drug-likeness (QED) is 0.891. The molecule has 1 aromatic carbocycles. The molecule has 19 heavy (non-hydrogen) atoms. The number of amides is 1. The summed E-state index contributed by atoms with van der Waals surface area (Å²) in [4.78, 5) is 12.0. The smallest absolute Gasteiger partial charge is 0.251 e. The highest BCUT2D eigenvalue weighted by Gasteiger charge is 2.39. The lowest BCUT2D eigenvalue weighted by Gasteiger charge is -2.26. The lowest BCUT2D eigenvalue weighted by molar-refractivity contribution is -0.0251. The maximum Gasteiger partial charge on any atom is 0.251 e. The normalized spacial score (nSPS) is 26.4. The van der Waals surface area contributed by atoms with E-state index in [-0.39, 0.29) is 18.6 Å². The molecule has 2 unspecified atom stereocenters. The van der Waals surface area contributed by atoms with Crippen molar-refractivity contribution in [3.8, 4) is 0 Å². The van der Waals surface area contributed by atoms with E-state index in [2.05, 4.69) is 5.32 Å². The summed E-state index contributed by atoms with van der Waals surface area (Å²) in [6, 6.07) is 5.17. The summed E-state index contributed by atoms with van der Waals surface area (Å²) in [5.74, 6) is -0.238. The minimum absolute atomic E-state index is 0.179. The van der Waals surface area contributed by atoms with Gasteiger partial charge in [0.2, 0.25) is 0 Å². The van der Waals surface area contributed by atoms with E-state index in [0.717, 1.165) is 5.56 Å². The molecule has 5 heteroatoms. The summed E-state index contributed by atoms with van der Waals surface area (Å²) in [7, 11) is 0. The first-order valence-electron chi connectivity index (χ1n) is 6.30. The third-order valence-corrected chi connectivity index (χ3v) is 3.74. The number of rotatable bonds is 3. The molecule has 1 saturated heterocycles. The van der Waals surface area contributed by atoms with Crippen LogP contribution < -0.4 is 5.32 Å². The van der Waals surface area contributed by atoms with Gasteiger partial charge < -0.3 is 15.2 Å². The van der Waals surface area contributed by atoms with Gasteiger partial charge in [0.1, 0.15) is 5.60 Å². The second kappa shape index (κ2) is 5.49. The predicted molar refractivity (Wildman–Crippen MR) is 73.5 cm³/mol. The molecule has 0 aliphatic carbocycles. The highest BCUT2D eigenvalue weighted by molar-refractivity contribution is 6.31. The van der Waals surface area contributed by atoms with Crippen molar-refractivity contribution < 1.29 is 14.6 Å². The van der Waals surface area contributed by atoms with Crippen molar-refractivity contribution in [1.82, 2.24) is 5.32 Å². The van der Waals surface area contributed by atoms with E-state index in [4.69, 9.17) is 16.3 Å². The van der Waals surface area contributed by atoms with E-state index in [9.17, 15) is 9.90 Å². The van der Waals surface area contributed by atoms with Crippen LogP contribution in [0.25, 0.3) is 0 Å². The van der Waals surface area contributed by atoms with Crippen molar-refractivity contribution in [3.63, 3.8) is 0 Å². The average Bonchev–Trinajstić information content (AvgIpc) is 2.66. The number of ether oxygens (including phenoxy) is 1. The van der Waals surface area contributed by atoms with Gasteiger partial charge in [-0.3, -0.25) is 4.79 Å². The molecule has 0 bridgehead atoms. The molecule has 0 saturated carbocycles. The molecule has 0 spiro atoms. The number of carbonyl (C=O) groups is 1. The molecule has 1 fully saturated rings. The molecule has 1 heterocycles. The van der Waals surface area contributed by atoms with Gasteiger partial charge in [0, 0.05) is 30.2 Å². The molecule has 2 rings (SSSR count). The second-order valence-corrected chi connectivity index (χ2v) is 5.50. The van der Waals surface area contributed by atoms with Crippen molar-refractivity contribution in [2.24, 2.45) is 0 Å². The molecule has 0 radical (unpaired) electrons. The largest absolute Gasteiger partial charge is 0.385 e. The van der Waals surface area contributed by atoms with Gasteiger partial charge in [-0.05, 0) is 37.6 Å². The number of benzene rings is 1. The Morgan fingerprint density at radius 1 is 1.58 bits per heavy atom. The van der Waals surface area contributed by atoms with E-state index in [0.29, 0.717) is 23.6 Å². The molecular weight excluding hydrogens is 266 g/mol. The molecule has 1 aliphatic rings. The van der Waals surface area contributed by atoms with Gasteiger partial charge in [0.05, 0.1) is 6.10 Å². The molecule has 1 amide bonds. The van der Waals surface area contributed by atoms with E-state index < -0.39 is 5.60 Å². The Kier molecular flexibility index (Phi) is 4.13. The summed E-state index contributed by atoms with van der Waals surface area (Å²) >= 11 is 5.92. The molecular formula is C14H18ClNO3. The van der Waals surface area contributed by atoms with Gasteiger partial charge in [-0.25, -0.2) is 0 Å². The van der Waals surface area contributed by atoms with Crippen molar-refractivity contribution in [2.45, 2.75) is 32.0 Å². The van der Waals surface area contributed by atoms with Crippen molar-refractivity contribution in [2.75, 3.05) is 13.2 Å². The van der Waals surface area contributed by atoms with E-state index in [1.54, 1.807) is 18.2 Å². The minimum Gasteiger partial charge on any atom is -0.385 e. The van der Waals surface area contributed by atoms with Crippen LogP contribution in [0.2, 0.25) is 5.02 Å². The van der Waals surface area contributed by atoms with Gasteiger partial charge in [0.15, 0.2) is 0 Å². The monoisotopic (exact) mass is 283 g/mol. The molecule has 4 nitrogen and oxygen atoms in total. The third-order valence-electron chi connectivity index (χ3n) is 3.52. The minimum atomic E-state index is -0.983. The Labute approximate surface area is 117 Å². The Hall–Kier alpha value is -1.10. The van der Waals surface area contributed by atoms with Crippen LogP contribution in [0.4, 0.5) is 0 Å². The fourth-order valence-corrected chi connectivity index (χ4v) is 2.50. The molecule has 0 aromatic heterocycles. The first-order chi connectivity index (χ1) is 8.90. The first-order valence-corrected chi connectivity index (χ1v) is 6.68. The van der Waals surface area contributed by atoms with Crippen LogP contribution in [0.1, 0.15) is 29.3 Å². The highest BCUT2D eigenvalue weighted by atomic mass is 35.5. The van der Waals surface area contributed by atoms with Crippen LogP contribution in [0.3, 0.4) is 0 Å². The van der Waals surface area contributed by atoms with Crippen molar-refractivity contribution in [3.05, 3.63) is 34.3 Å². The van der Waals surface area contributed by atoms with E-state index >= 15 is 0 Å². The van der Waals surface area contributed by atoms with Crippen LogP contribution in [0, 0.1) is 6.92 Å². The highest BCUT2D eigenvalue weighted by Crippen LogP contribution is 2.25. The fourth-order valence-electron chi connectivity index (χ4n) is 2.21.